The number of para-hydroxylation sites is 1. The molecular formula is C20H20N2O2. The molecule has 0 saturated heterocycles. The molecule has 4 heteroatoms. The number of carbonyl (C=O) groups is 1. The molecule has 0 bridgehead atoms. The fourth-order valence-electron chi connectivity index (χ4n) is 2.78. The van der Waals surface area contributed by atoms with Gasteiger partial charge in [0.25, 0.3) is 5.56 Å². The second-order valence-corrected chi connectivity index (χ2v) is 5.78. The van der Waals surface area contributed by atoms with E-state index in [1.165, 1.54) is 0 Å². The Morgan fingerprint density at radius 1 is 1.04 bits per heavy atom. The van der Waals surface area contributed by atoms with Crippen molar-refractivity contribution in [3.05, 3.63) is 82.1 Å². The van der Waals surface area contributed by atoms with Crippen molar-refractivity contribution in [3.63, 3.8) is 0 Å². The summed E-state index contributed by atoms with van der Waals surface area (Å²) >= 11 is 0. The summed E-state index contributed by atoms with van der Waals surface area (Å²) in [6.07, 6.45) is 0.112. The van der Waals surface area contributed by atoms with Crippen LogP contribution in [0.3, 0.4) is 0 Å². The molecule has 1 aromatic heterocycles. The van der Waals surface area contributed by atoms with Crippen LogP contribution in [-0.4, -0.2) is 22.3 Å². The van der Waals surface area contributed by atoms with Gasteiger partial charge in [-0.15, -0.1) is 0 Å². The Balaban J connectivity index is 1.80. The smallest absolute Gasteiger partial charge is 0.252 e. The van der Waals surface area contributed by atoms with Crippen LogP contribution in [0.4, 0.5) is 0 Å². The molecule has 2 aromatic carbocycles. The maximum Gasteiger partial charge on any atom is 0.252 e. The lowest BCUT2D eigenvalue weighted by atomic mass is 10.1. The largest absolute Gasteiger partial charge is 0.338 e. The number of hydrogen-bond donors (Lipinski definition) is 1. The van der Waals surface area contributed by atoms with E-state index < -0.39 is 0 Å². The third kappa shape index (κ3) is 3.54. The zero-order valence-electron chi connectivity index (χ0n) is 13.7. The van der Waals surface area contributed by atoms with E-state index in [1.807, 2.05) is 67.6 Å². The molecule has 1 N–H and O–H groups in total. The number of pyridine rings is 1. The van der Waals surface area contributed by atoms with Crippen LogP contribution in [0.15, 0.2) is 65.5 Å². The van der Waals surface area contributed by atoms with Crippen LogP contribution in [0, 0.1) is 0 Å². The van der Waals surface area contributed by atoms with Crippen molar-refractivity contribution in [2.45, 2.75) is 19.9 Å². The third-order valence-corrected chi connectivity index (χ3v) is 4.12. The molecule has 0 radical (unpaired) electrons. The van der Waals surface area contributed by atoms with Crippen molar-refractivity contribution in [1.82, 2.24) is 9.88 Å². The monoisotopic (exact) mass is 320 g/mol. The standard InChI is InChI=1S/C20H20N2O2/c1-2-22(14-15-8-4-3-5-9-15)19(23)13-17-12-16-10-6-7-11-18(16)21-20(17)24/h3-12H,2,13-14H2,1H3,(H,21,24). The molecule has 0 spiro atoms. The lowest BCUT2D eigenvalue weighted by Crippen LogP contribution is -2.33. The fourth-order valence-corrected chi connectivity index (χ4v) is 2.78. The average molecular weight is 320 g/mol. The van der Waals surface area contributed by atoms with Crippen LogP contribution in [0.2, 0.25) is 0 Å². The number of amides is 1. The van der Waals surface area contributed by atoms with E-state index >= 15 is 0 Å². The number of rotatable bonds is 5. The van der Waals surface area contributed by atoms with Crippen molar-refractivity contribution < 1.29 is 4.79 Å². The summed E-state index contributed by atoms with van der Waals surface area (Å²) < 4.78 is 0. The minimum atomic E-state index is -0.196. The van der Waals surface area contributed by atoms with Crippen LogP contribution in [-0.2, 0) is 17.8 Å². The average Bonchev–Trinajstić information content (AvgIpc) is 2.61. The van der Waals surface area contributed by atoms with Crippen molar-refractivity contribution >= 4 is 16.8 Å². The van der Waals surface area contributed by atoms with Crippen LogP contribution in [0.1, 0.15) is 18.1 Å². The van der Waals surface area contributed by atoms with Gasteiger partial charge in [-0.2, -0.15) is 0 Å². The number of likely N-dealkylation sites (N-methyl/N-ethyl adjacent to an activating group) is 1. The van der Waals surface area contributed by atoms with Crippen LogP contribution in [0.5, 0.6) is 0 Å². The molecule has 0 aliphatic heterocycles. The molecule has 0 aliphatic carbocycles. The molecule has 1 amide bonds. The summed E-state index contributed by atoms with van der Waals surface area (Å²) in [6.45, 7) is 3.12. The SMILES string of the molecule is CCN(Cc1ccccc1)C(=O)Cc1cc2ccccc2[nH]c1=O. The second kappa shape index (κ2) is 7.13. The van der Waals surface area contributed by atoms with Crippen molar-refractivity contribution in [2.75, 3.05) is 6.54 Å². The third-order valence-electron chi connectivity index (χ3n) is 4.12. The van der Waals surface area contributed by atoms with Gasteiger partial charge < -0.3 is 9.88 Å². The van der Waals surface area contributed by atoms with Gasteiger partial charge >= 0.3 is 0 Å². The molecule has 0 fully saturated rings. The lowest BCUT2D eigenvalue weighted by molar-refractivity contribution is -0.130. The number of H-pyrrole nitrogens is 1. The van der Waals surface area contributed by atoms with Gasteiger partial charge in [-0.25, -0.2) is 0 Å². The maximum atomic E-state index is 12.6. The summed E-state index contributed by atoms with van der Waals surface area (Å²) in [5.74, 6) is -0.0397. The highest BCUT2D eigenvalue weighted by Gasteiger charge is 2.15. The number of carbonyl (C=O) groups excluding carboxylic acids is 1. The lowest BCUT2D eigenvalue weighted by Gasteiger charge is -2.21. The molecule has 4 nitrogen and oxygen atoms in total. The van der Waals surface area contributed by atoms with E-state index in [1.54, 1.807) is 4.90 Å². The Bertz CT molecular complexity index is 900. The summed E-state index contributed by atoms with van der Waals surface area (Å²) in [4.78, 5) is 29.4. The van der Waals surface area contributed by atoms with Gasteiger partial charge in [0.2, 0.25) is 5.91 Å². The molecule has 1 heterocycles. The van der Waals surface area contributed by atoms with E-state index in [0.29, 0.717) is 18.7 Å². The van der Waals surface area contributed by atoms with E-state index in [4.69, 9.17) is 0 Å². The molecule has 3 rings (SSSR count). The molecule has 0 atom stereocenters. The minimum absolute atomic E-state index is 0.0397. The predicted molar refractivity (Wildman–Crippen MR) is 95.8 cm³/mol. The molecule has 24 heavy (non-hydrogen) atoms. The number of benzene rings is 2. The first kappa shape index (κ1) is 16.0. The highest BCUT2D eigenvalue weighted by atomic mass is 16.2. The molecule has 3 aromatic rings. The Hall–Kier alpha value is -2.88. The zero-order valence-corrected chi connectivity index (χ0v) is 13.7. The molecule has 0 saturated carbocycles. The van der Waals surface area contributed by atoms with Gasteiger partial charge in [0.15, 0.2) is 0 Å². The first-order chi connectivity index (χ1) is 11.7. The molecular weight excluding hydrogens is 300 g/mol. The van der Waals surface area contributed by atoms with Crippen LogP contribution >= 0.6 is 0 Å². The quantitative estimate of drug-likeness (QED) is 0.785. The molecule has 122 valence electrons. The summed E-state index contributed by atoms with van der Waals surface area (Å²) in [5.41, 5.74) is 2.18. The number of fused-ring (bicyclic) bond motifs is 1. The number of nitrogens with zero attached hydrogens (tertiary/aromatic N) is 1. The Morgan fingerprint density at radius 3 is 2.50 bits per heavy atom. The Morgan fingerprint density at radius 2 is 1.75 bits per heavy atom. The number of aromatic nitrogens is 1. The summed E-state index contributed by atoms with van der Waals surface area (Å²) in [6, 6.07) is 19.3. The van der Waals surface area contributed by atoms with Gasteiger partial charge in [-0.1, -0.05) is 48.5 Å². The van der Waals surface area contributed by atoms with Gasteiger partial charge in [0.1, 0.15) is 0 Å². The van der Waals surface area contributed by atoms with E-state index in [9.17, 15) is 9.59 Å². The first-order valence-electron chi connectivity index (χ1n) is 8.10. The zero-order chi connectivity index (χ0) is 16.9. The van der Waals surface area contributed by atoms with Gasteiger partial charge in [-0.05, 0) is 30.0 Å². The number of nitrogens with one attached hydrogen (secondary N) is 1. The first-order valence-corrected chi connectivity index (χ1v) is 8.10. The van der Waals surface area contributed by atoms with Crippen molar-refractivity contribution in [2.24, 2.45) is 0 Å². The van der Waals surface area contributed by atoms with E-state index in [0.717, 1.165) is 16.5 Å². The van der Waals surface area contributed by atoms with E-state index in [-0.39, 0.29) is 17.9 Å². The Labute approximate surface area is 140 Å². The predicted octanol–water partition coefficient (Wildman–Crippen LogP) is 3.12. The molecule has 0 aliphatic rings. The highest BCUT2D eigenvalue weighted by molar-refractivity contribution is 5.82. The van der Waals surface area contributed by atoms with Crippen molar-refractivity contribution in [1.29, 1.82) is 0 Å². The van der Waals surface area contributed by atoms with Crippen LogP contribution in [0.25, 0.3) is 10.9 Å². The van der Waals surface area contributed by atoms with Gasteiger partial charge in [0, 0.05) is 24.2 Å². The maximum absolute atomic E-state index is 12.6. The number of aromatic amines is 1. The van der Waals surface area contributed by atoms with Gasteiger partial charge in [0.05, 0.1) is 6.42 Å². The minimum Gasteiger partial charge on any atom is -0.338 e. The fraction of sp³-hybridized carbons (Fsp3) is 0.200. The van der Waals surface area contributed by atoms with E-state index in [2.05, 4.69) is 4.98 Å². The number of hydrogen-bond acceptors (Lipinski definition) is 2. The normalized spacial score (nSPS) is 10.7. The van der Waals surface area contributed by atoms with Gasteiger partial charge in [-0.3, -0.25) is 9.59 Å². The topological polar surface area (TPSA) is 53.2 Å². The van der Waals surface area contributed by atoms with Crippen molar-refractivity contribution in [3.8, 4) is 0 Å². The summed E-state index contributed by atoms with van der Waals surface area (Å²) in [7, 11) is 0. The summed E-state index contributed by atoms with van der Waals surface area (Å²) in [5, 5.41) is 0.936. The Kier molecular flexibility index (Phi) is 4.75. The second-order valence-electron chi connectivity index (χ2n) is 5.78. The molecule has 0 unspecified atom stereocenters. The van der Waals surface area contributed by atoms with Crippen LogP contribution < -0.4 is 5.56 Å². The highest BCUT2D eigenvalue weighted by Crippen LogP contribution is 2.12.